The van der Waals surface area contributed by atoms with E-state index in [4.69, 9.17) is 5.11 Å². The predicted molar refractivity (Wildman–Crippen MR) is 45.3 cm³/mol. The molecule has 12 heavy (non-hydrogen) atoms. The maximum absolute atomic E-state index is 10.3. The molecule has 0 aliphatic rings. The molecular weight excluding hydrogens is 156 g/mol. The van der Waals surface area contributed by atoms with Gasteiger partial charge in [-0.15, -0.1) is 0 Å². The molecule has 0 bridgehead atoms. The van der Waals surface area contributed by atoms with Gasteiger partial charge in [-0.2, -0.15) is 0 Å². The van der Waals surface area contributed by atoms with Gasteiger partial charge in [0.2, 0.25) is 0 Å². The number of carbonyl (C=O) groups is 1. The molecule has 0 rings (SSSR count). The second-order valence-electron chi connectivity index (χ2n) is 2.31. The van der Waals surface area contributed by atoms with Crippen LogP contribution in [0.15, 0.2) is 0 Å². The fourth-order valence-electron chi connectivity index (χ4n) is 0.602. The van der Waals surface area contributed by atoms with E-state index in [2.05, 4.69) is 16.6 Å². The SMILES string of the molecule is CC(=O)OCC#CCCCCO. The number of unbranched alkanes of at least 4 members (excludes halogenated alkanes) is 2. The summed E-state index contributed by atoms with van der Waals surface area (Å²) in [5.41, 5.74) is 0. The minimum atomic E-state index is -0.306. The van der Waals surface area contributed by atoms with Crippen molar-refractivity contribution in [3.05, 3.63) is 0 Å². The third-order valence-electron chi connectivity index (χ3n) is 1.18. The van der Waals surface area contributed by atoms with Crippen LogP contribution in [-0.2, 0) is 9.53 Å². The molecule has 0 fully saturated rings. The van der Waals surface area contributed by atoms with E-state index in [9.17, 15) is 4.79 Å². The first-order valence-electron chi connectivity index (χ1n) is 3.97. The second kappa shape index (κ2) is 8.09. The molecule has 0 spiro atoms. The first-order chi connectivity index (χ1) is 5.77. The van der Waals surface area contributed by atoms with E-state index in [0.29, 0.717) is 0 Å². The van der Waals surface area contributed by atoms with E-state index in [1.165, 1.54) is 6.92 Å². The Morgan fingerprint density at radius 1 is 1.42 bits per heavy atom. The molecule has 0 aliphatic heterocycles. The maximum Gasteiger partial charge on any atom is 0.303 e. The summed E-state index contributed by atoms with van der Waals surface area (Å²) in [6.07, 6.45) is 2.42. The van der Waals surface area contributed by atoms with Crippen LogP contribution in [0.4, 0.5) is 0 Å². The Bertz CT molecular complexity index is 176. The Labute approximate surface area is 72.7 Å². The molecular formula is C9H14O3. The van der Waals surface area contributed by atoms with Crippen LogP contribution in [0, 0.1) is 11.8 Å². The number of aliphatic hydroxyl groups is 1. The molecule has 0 aromatic carbocycles. The van der Waals surface area contributed by atoms with Crippen LogP contribution in [0.5, 0.6) is 0 Å². The number of hydrogen-bond acceptors (Lipinski definition) is 3. The lowest BCUT2D eigenvalue weighted by atomic mass is 10.2. The Morgan fingerprint density at radius 2 is 2.17 bits per heavy atom. The van der Waals surface area contributed by atoms with Gasteiger partial charge in [0.15, 0.2) is 6.61 Å². The van der Waals surface area contributed by atoms with E-state index in [1.54, 1.807) is 0 Å². The fourth-order valence-corrected chi connectivity index (χ4v) is 0.602. The quantitative estimate of drug-likeness (QED) is 0.384. The van der Waals surface area contributed by atoms with E-state index in [1.807, 2.05) is 0 Å². The van der Waals surface area contributed by atoms with E-state index in [-0.39, 0.29) is 19.2 Å². The summed E-state index contributed by atoms with van der Waals surface area (Å²) >= 11 is 0. The van der Waals surface area contributed by atoms with E-state index in [0.717, 1.165) is 19.3 Å². The Balaban J connectivity index is 3.17. The number of aliphatic hydroxyl groups excluding tert-OH is 1. The molecule has 0 unspecified atom stereocenters. The highest BCUT2D eigenvalue weighted by Gasteiger charge is 1.86. The van der Waals surface area contributed by atoms with Gasteiger partial charge in [-0.3, -0.25) is 4.79 Å². The zero-order valence-corrected chi connectivity index (χ0v) is 7.30. The van der Waals surface area contributed by atoms with Crippen molar-refractivity contribution in [2.75, 3.05) is 13.2 Å². The van der Waals surface area contributed by atoms with E-state index < -0.39 is 0 Å². The summed E-state index contributed by atoms with van der Waals surface area (Å²) in [6.45, 7) is 1.74. The molecule has 0 saturated heterocycles. The molecule has 0 atom stereocenters. The summed E-state index contributed by atoms with van der Waals surface area (Å²) in [7, 11) is 0. The Kier molecular flexibility index (Phi) is 7.41. The lowest BCUT2D eigenvalue weighted by Gasteiger charge is -1.91. The lowest BCUT2D eigenvalue weighted by molar-refractivity contribution is -0.139. The molecule has 0 saturated carbocycles. The van der Waals surface area contributed by atoms with Crippen LogP contribution in [-0.4, -0.2) is 24.3 Å². The summed E-state index contributed by atoms with van der Waals surface area (Å²) < 4.78 is 4.59. The number of carbonyl (C=O) groups excluding carboxylic acids is 1. The van der Waals surface area contributed by atoms with Crippen molar-refractivity contribution >= 4 is 5.97 Å². The monoisotopic (exact) mass is 170 g/mol. The van der Waals surface area contributed by atoms with E-state index >= 15 is 0 Å². The van der Waals surface area contributed by atoms with Crippen molar-refractivity contribution in [3.8, 4) is 11.8 Å². The molecule has 68 valence electrons. The topological polar surface area (TPSA) is 46.5 Å². The first-order valence-corrected chi connectivity index (χ1v) is 3.97. The van der Waals surface area contributed by atoms with Gasteiger partial charge >= 0.3 is 5.97 Å². The summed E-state index contributed by atoms with van der Waals surface area (Å²) in [6, 6.07) is 0. The number of esters is 1. The summed E-state index contributed by atoms with van der Waals surface area (Å²) in [5, 5.41) is 8.42. The maximum atomic E-state index is 10.3. The molecule has 3 nitrogen and oxygen atoms in total. The largest absolute Gasteiger partial charge is 0.453 e. The van der Waals surface area contributed by atoms with Crippen molar-refractivity contribution in [2.45, 2.75) is 26.2 Å². The molecule has 1 N–H and O–H groups in total. The smallest absolute Gasteiger partial charge is 0.303 e. The van der Waals surface area contributed by atoms with Crippen LogP contribution in [0.1, 0.15) is 26.2 Å². The van der Waals surface area contributed by atoms with Crippen molar-refractivity contribution < 1.29 is 14.6 Å². The van der Waals surface area contributed by atoms with Gasteiger partial charge in [0.05, 0.1) is 0 Å². The molecule has 0 aromatic rings. The minimum absolute atomic E-state index is 0.175. The van der Waals surface area contributed by atoms with Crippen LogP contribution in [0.3, 0.4) is 0 Å². The van der Waals surface area contributed by atoms with Gasteiger partial charge in [0.25, 0.3) is 0 Å². The molecule has 0 aromatic heterocycles. The van der Waals surface area contributed by atoms with Crippen LogP contribution in [0.2, 0.25) is 0 Å². The highest BCUT2D eigenvalue weighted by atomic mass is 16.5. The normalized spacial score (nSPS) is 8.50. The average molecular weight is 170 g/mol. The van der Waals surface area contributed by atoms with Crippen LogP contribution < -0.4 is 0 Å². The van der Waals surface area contributed by atoms with Crippen molar-refractivity contribution in [1.29, 1.82) is 0 Å². The van der Waals surface area contributed by atoms with Crippen LogP contribution in [0.25, 0.3) is 0 Å². The third kappa shape index (κ3) is 8.99. The number of hydrogen-bond donors (Lipinski definition) is 1. The molecule has 0 amide bonds. The Morgan fingerprint density at radius 3 is 2.75 bits per heavy atom. The van der Waals surface area contributed by atoms with Gasteiger partial charge < -0.3 is 9.84 Å². The van der Waals surface area contributed by atoms with Crippen molar-refractivity contribution in [2.24, 2.45) is 0 Å². The lowest BCUT2D eigenvalue weighted by Crippen LogP contribution is -1.97. The van der Waals surface area contributed by atoms with Gasteiger partial charge in [0, 0.05) is 20.0 Å². The predicted octanol–water partition coefficient (Wildman–Crippen LogP) is 0.716. The third-order valence-corrected chi connectivity index (χ3v) is 1.18. The highest BCUT2D eigenvalue weighted by Crippen LogP contribution is 1.90. The number of rotatable bonds is 4. The van der Waals surface area contributed by atoms with Gasteiger partial charge in [-0.1, -0.05) is 11.8 Å². The zero-order valence-electron chi connectivity index (χ0n) is 7.30. The summed E-state index contributed by atoms with van der Waals surface area (Å²) in [5.74, 6) is 5.23. The average Bonchev–Trinajstić information content (AvgIpc) is 2.02. The fraction of sp³-hybridized carbons (Fsp3) is 0.667. The number of ether oxygens (including phenoxy) is 1. The van der Waals surface area contributed by atoms with Gasteiger partial charge in [-0.25, -0.2) is 0 Å². The minimum Gasteiger partial charge on any atom is -0.453 e. The van der Waals surface area contributed by atoms with Gasteiger partial charge in [-0.05, 0) is 12.8 Å². The van der Waals surface area contributed by atoms with Crippen LogP contribution >= 0.6 is 0 Å². The van der Waals surface area contributed by atoms with Crippen molar-refractivity contribution in [3.63, 3.8) is 0 Å². The standard InChI is InChI=1S/C9H14O3/c1-9(11)12-8-6-4-2-3-5-7-10/h10H,2-3,5,7-8H2,1H3. The molecule has 3 heteroatoms. The molecule has 0 heterocycles. The Hall–Kier alpha value is -1.01. The van der Waals surface area contributed by atoms with Crippen molar-refractivity contribution in [1.82, 2.24) is 0 Å². The zero-order chi connectivity index (χ0) is 9.23. The molecule has 0 aliphatic carbocycles. The highest BCUT2D eigenvalue weighted by molar-refractivity contribution is 5.66. The van der Waals surface area contributed by atoms with Gasteiger partial charge in [0.1, 0.15) is 0 Å². The molecule has 0 radical (unpaired) electrons. The first kappa shape index (κ1) is 11.0. The summed E-state index contributed by atoms with van der Waals surface area (Å²) in [4.78, 5) is 10.3. The second-order valence-corrected chi connectivity index (χ2v) is 2.31.